The predicted octanol–water partition coefficient (Wildman–Crippen LogP) is -3.18. The Hall–Kier alpha value is -1.37. The van der Waals surface area contributed by atoms with Gasteiger partial charge in [0.2, 0.25) is 0 Å². The molecule has 1 aromatic heterocycles. The number of aromatic nitrogens is 2. The first kappa shape index (κ1) is 19.7. The average Bonchev–Trinajstić information content (AvgIpc) is 2.69. The summed E-state index contributed by atoms with van der Waals surface area (Å²) in [4.78, 5) is 36.8. The zero-order chi connectivity index (χ0) is 17.9. The molecule has 13 heteroatoms. The van der Waals surface area contributed by atoms with Gasteiger partial charge in [-0.3, -0.25) is 4.57 Å². The van der Waals surface area contributed by atoms with E-state index in [2.05, 4.69) is 4.98 Å². The topological polar surface area (TPSA) is 209 Å². The molecule has 132 valence electrons. The molecule has 0 bridgehead atoms. The second kappa shape index (κ2) is 7.47. The van der Waals surface area contributed by atoms with E-state index in [1.54, 1.807) is 6.92 Å². The lowest BCUT2D eigenvalue weighted by atomic mass is 10.1. The van der Waals surface area contributed by atoms with Gasteiger partial charge in [-0.05, 0) is 6.92 Å². The number of rotatable bonds is 2. The van der Waals surface area contributed by atoms with Gasteiger partial charge < -0.3 is 40.5 Å². The van der Waals surface area contributed by atoms with Gasteiger partial charge in [0, 0.05) is 11.8 Å². The fourth-order valence-electron chi connectivity index (χ4n) is 1.87. The van der Waals surface area contributed by atoms with Crippen LogP contribution in [0.4, 0.5) is 5.82 Å². The Bertz CT molecular complexity index is 637. The van der Waals surface area contributed by atoms with Gasteiger partial charge in [0.05, 0.1) is 6.61 Å². The maximum Gasteiger partial charge on any atom is 0.466 e. The third kappa shape index (κ3) is 5.34. The molecule has 8 N–H and O–H groups in total. The summed E-state index contributed by atoms with van der Waals surface area (Å²) in [6.07, 6.45) is -3.20. The number of phosphoric acid groups is 1. The monoisotopic (exact) mass is 355 g/mol. The lowest BCUT2D eigenvalue weighted by Crippen LogP contribution is -2.36. The summed E-state index contributed by atoms with van der Waals surface area (Å²) in [5, 5.41) is 28.4. The molecule has 2 heterocycles. The highest BCUT2D eigenvalue weighted by Crippen LogP contribution is 2.28. The molecule has 0 amide bonds. The number of anilines is 1. The van der Waals surface area contributed by atoms with E-state index < -0.39 is 44.7 Å². The molecule has 1 fully saturated rings. The summed E-state index contributed by atoms with van der Waals surface area (Å²) >= 11 is 0. The van der Waals surface area contributed by atoms with Gasteiger partial charge in [-0.2, -0.15) is 4.98 Å². The van der Waals surface area contributed by atoms with Crippen molar-refractivity contribution in [2.45, 2.75) is 31.5 Å². The Kier molecular flexibility index (Phi) is 6.39. The Morgan fingerprint density at radius 1 is 1.35 bits per heavy atom. The summed E-state index contributed by atoms with van der Waals surface area (Å²) in [7, 11) is -4.64. The fourth-order valence-corrected chi connectivity index (χ4v) is 1.87. The van der Waals surface area contributed by atoms with E-state index in [4.69, 9.17) is 34.8 Å². The number of nitrogens with two attached hydrogens (primary N) is 1. The molecule has 0 radical (unpaired) electrons. The molecule has 1 saturated heterocycles. The van der Waals surface area contributed by atoms with Crippen LogP contribution in [-0.2, 0) is 9.30 Å². The van der Waals surface area contributed by atoms with Crippen molar-refractivity contribution in [2.75, 3.05) is 12.3 Å². The number of ether oxygens (including phenoxy) is 1. The quantitative estimate of drug-likeness (QED) is 0.263. The molecule has 23 heavy (non-hydrogen) atoms. The third-order valence-electron chi connectivity index (χ3n) is 2.97. The van der Waals surface area contributed by atoms with Crippen LogP contribution in [0.3, 0.4) is 0 Å². The van der Waals surface area contributed by atoms with Crippen molar-refractivity contribution in [3.05, 3.63) is 22.2 Å². The summed E-state index contributed by atoms with van der Waals surface area (Å²) in [6.45, 7) is 1.20. The number of aryl methyl sites for hydroxylation is 1. The number of aliphatic hydroxyl groups excluding tert-OH is 3. The van der Waals surface area contributed by atoms with Crippen LogP contribution in [0.5, 0.6) is 0 Å². The van der Waals surface area contributed by atoms with E-state index in [0.29, 0.717) is 5.56 Å². The van der Waals surface area contributed by atoms with E-state index >= 15 is 0 Å². The van der Waals surface area contributed by atoms with E-state index in [-0.39, 0.29) is 5.82 Å². The van der Waals surface area contributed by atoms with Crippen molar-refractivity contribution in [1.82, 2.24) is 9.55 Å². The first-order valence-electron chi connectivity index (χ1n) is 6.21. The second-order valence-electron chi connectivity index (χ2n) is 4.74. The van der Waals surface area contributed by atoms with Crippen LogP contribution in [-0.4, -0.2) is 64.5 Å². The Morgan fingerprint density at radius 2 is 1.87 bits per heavy atom. The molecular weight excluding hydrogens is 337 g/mol. The molecule has 12 nitrogen and oxygen atoms in total. The maximum absolute atomic E-state index is 11.7. The number of hydrogen-bond acceptors (Lipinski definition) is 8. The predicted molar refractivity (Wildman–Crippen MR) is 74.9 cm³/mol. The van der Waals surface area contributed by atoms with Gasteiger partial charge in [0.25, 0.3) is 0 Å². The zero-order valence-corrected chi connectivity index (χ0v) is 12.8. The van der Waals surface area contributed by atoms with Crippen LogP contribution in [0.15, 0.2) is 11.0 Å². The van der Waals surface area contributed by atoms with Crippen LogP contribution >= 0.6 is 7.82 Å². The molecule has 1 aliphatic heterocycles. The van der Waals surface area contributed by atoms with Crippen LogP contribution in [0.25, 0.3) is 0 Å². The summed E-state index contributed by atoms with van der Waals surface area (Å²) in [5.41, 5.74) is 5.35. The first-order chi connectivity index (χ1) is 10.5. The Balaban J connectivity index is 0.000000463. The Labute approximate surface area is 129 Å². The summed E-state index contributed by atoms with van der Waals surface area (Å²) in [5.74, 6) is 0.1000. The van der Waals surface area contributed by atoms with E-state index in [0.717, 1.165) is 4.57 Å². The lowest BCUT2D eigenvalue weighted by Gasteiger charge is -2.17. The van der Waals surface area contributed by atoms with Crippen LogP contribution < -0.4 is 11.4 Å². The van der Waals surface area contributed by atoms with Gasteiger partial charge in [-0.25, -0.2) is 9.36 Å². The summed E-state index contributed by atoms with van der Waals surface area (Å²) < 4.78 is 15.2. The molecule has 0 aromatic carbocycles. The van der Waals surface area contributed by atoms with Crippen molar-refractivity contribution < 1.29 is 39.3 Å². The molecule has 0 spiro atoms. The standard InChI is InChI=1S/C10H15N3O5.H3O4P/c1-4-2-13(10(17)12-8(4)11)9-7(16)6(15)5(3-14)18-9;1-5(2,3)4/h2,5-7,9,14-16H,3H2,1H3,(H2,11,12,17);(H3,1,2,3,4)/t5-,6-,7-,9-;/m1./s1. The molecule has 1 aromatic rings. The second-order valence-corrected chi connectivity index (χ2v) is 5.77. The molecule has 0 unspecified atom stereocenters. The van der Waals surface area contributed by atoms with E-state index in [1.807, 2.05) is 0 Å². The minimum Gasteiger partial charge on any atom is -0.394 e. The number of nitrogens with zero attached hydrogens (tertiary/aromatic N) is 2. The minimum atomic E-state index is -4.64. The van der Waals surface area contributed by atoms with Crippen molar-refractivity contribution in [3.63, 3.8) is 0 Å². The van der Waals surface area contributed by atoms with Crippen molar-refractivity contribution in [3.8, 4) is 0 Å². The largest absolute Gasteiger partial charge is 0.466 e. The number of hydrogen-bond donors (Lipinski definition) is 7. The maximum atomic E-state index is 11.7. The first-order valence-corrected chi connectivity index (χ1v) is 7.78. The molecular formula is C10H18N3O9P. The third-order valence-corrected chi connectivity index (χ3v) is 2.97. The van der Waals surface area contributed by atoms with Crippen LogP contribution in [0, 0.1) is 6.92 Å². The van der Waals surface area contributed by atoms with Crippen molar-refractivity contribution in [1.29, 1.82) is 0 Å². The molecule has 0 saturated carbocycles. The highest BCUT2D eigenvalue weighted by atomic mass is 31.2. The Morgan fingerprint density at radius 3 is 2.30 bits per heavy atom. The van der Waals surface area contributed by atoms with Crippen LogP contribution in [0.2, 0.25) is 0 Å². The van der Waals surface area contributed by atoms with Gasteiger partial charge in [0.1, 0.15) is 24.1 Å². The van der Waals surface area contributed by atoms with Crippen molar-refractivity contribution in [2.24, 2.45) is 0 Å². The van der Waals surface area contributed by atoms with Gasteiger partial charge >= 0.3 is 13.5 Å². The van der Waals surface area contributed by atoms with E-state index in [9.17, 15) is 15.0 Å². The van der Waals surface area contributed by atoms with Gasteiger partial charge in [-0.15, -0.1) is 0 Å². The van der Waals surface area contributed by atoms with Crippen molar-refractivity contribution >= 4 is 13.6 Å². The highest BCUT2D eigenvalue weighted by molar-refractivity contribution is 7.45. The van der Waals surface area contributed by atoms with Gasteiger partial charge in [0.15, 0.2) is 6.23 Å². The van der Waals surface area contributed by atoms with Crippen LogP contribution in [0.1, 0.15) is 11.8 Å². The minimum absolute atomic E-state index is 0.1000. The van der Waals surface area contributed by atoms with E-state index in [1.165, 1.54) is 6.20 Å². The molecule has 0 aliphatic carbocycles. The molecule has 4 atom stereocenters. The van der Waals surface area contributed by atoms with Gasteiger partial charge in [-0.1, -0.05) is 0 Å². The average molecular weight is 355 g/mol. The normalized spacial score (nSPS) is 27.4. The number of aliphatic hydroxyl groups is 3. The SMILES string of the molecule is Cc1cn([C@@H]2O[C@H](CO)[C@@H](O)[C@H]2O)c(=O)nc1N.O=P(O)(O)O. The lowest BCUT2D eigenvalue weighted by molar-refractivity contribution is -0.0550. The number of nitrogen functional groups attached to an aromatic ring is 1. The summed E-state index contributed by atoms with van der Waals surface area (Å²) in [6, 6.07) is 0. The zero-order valence-electron chi connectivity index (χ0n) is 11.9. The fraction of sp³-hybridized carbons (Fsp3) is 0.600. The molecule has 2 rings (SSSR count). The molecule has 1 aliphatic rings. The smallest absolute Gasteiger partial charge is 0.394 e. The highest BCUT2D eigenvalue weighted by Gasteiger charge is 2.43.